The Balaban J connectivity index is 1.69. The predicted molar refractivity (Wildman–Crippen MR) is 79.2 cm³/mol. The molecule has 0 saturated carbocycles. The number of hydrogen-bond acceptors (Lipinski definition) is 4. The van der Waals surface area contributed by atoms with Gasteiger partial charge in [0.05, 0.1) is 25.9 Å². The fourth-order valence-electron chi connectivity index (χ4n) is 2.46. The average molecular weight is 279 g/mol. The molecule has 1 heterocycles. The second-order valence-electron chi connectivity index (χ2n) is 5.50. The molecule has 1 saturated heterocycles. The van der Waals surface area contributed by atoms with Crippen LogP contribution in [0.1, 0.15) is 18.9 Å². The number of aliphatic hydroxyl groups excluding tert-OH is 1. The molecule has 1 aromatic rings. The van der Waals surface area contributed by atoms with Gasteiger partial charge in [0.15, 0.2) is 0 Å². The average Bonchev–Trinajstić information content (AvgIpc) is 2.45. The van der Waals surface area contributed by atoms with E-state index in [9.17, 15) is 0 Å². The van der Waals surface area contributed by atoms with E-state index < -0.39 is 0 Å². The van der Waals surface area contributed by atoms with Gasteiger partial charge in [-0.2, -0.15) is 0 Å². The quantitative estimate of drug-likeness (QED) is 0.807. The van der Waals surface area contributed by atoms with Crippen LogP contribution >= 0.6 is 0 Å². The van der Waals surface area contributed by atoms with E-state index in [0.717, 1.165) is 31.9 Å². The predicted octanol–water partition coefficient (Wildman–Crippen LogP) is 1.85. The van der Waals surface area contributed by atoms with Gasteiger partial charge in [0.1, 0.15) is 5.75 Å². The molecule has 0 bridgehead atoms. The Labute approximate surface area is 121 Å². The van der Waals surface area contributed by atoms with Gasteiger partial charge in [-0.3, -0.25) is 4.90 Å². The van der Waals surface area contributed by atoms with Gasteiger partial charge >= 0.3 is 0 Å². The normalized spacial score (nSPS) is 23.8. The molecule has 1 aromatic carbocycles. The number of benzene rings is 1. The van der Waals surface area contributed by atoms with Gasteiger partial charge in [-0.15, -0.1) is 0 Å². The minimum Gasteiger partial charge on any atom is -0.494 e. The fourth-order valence-corrected chi connectivity index (χ4v) is 2.46. The maximum Gasteiger partial charge on any atom is 0.119 e. The highest BCUT2D eigenvalue weighted by atomic mass is 16.5. The van der Waals surface area contributed by atoms with E-state index in [0.29, 0.717) is 12.6 Å². The first-order chi connectivity index (χ1) is 9.69. The van der Waals surface area contributed by atoms with Gasteiger partial charge in [0, 0.05) is 19.1 Å². The van der Waals surface area contributed by atoms with Crippen molar-refractivity contribution in [3.05, 3.63) is 29.8 Å². The molecule has 4 nitrogen and oxygen atoms in total. The van der Waals surface area contributed by atoms with E-state index in [1.807, 2.05) is 12.1 Å². The lowest BCUT2D eigenvalue weighted by molar-refractivity contribution is -0.0784. The van der Waals surface area contributed by atoms with Crippen LogP contribution in [-0.2, 0) is 4.74 Å². The highest BCUT2D eigenvalue weighted by Crippen LogP contribution is 2.14. The summed E-state index contributed by atoms with van der Waals surface area (Å²) in [7, 11) is 0. The van der Waals surface area contributed by atoms with Crippen molar-refractivity contribution in [3.63, 3.8) is 0 Å². The molecule has 0 radical (unpaired) electrons. The zero-order chi connectivity index (χ0) is 14.4. The third-order valence-corrected chi connectivity index (χ3v) is 3.69. The lowest BCUT2D eigenvalue weighted by Gasteiger charge is -2.37. The number of aryl methyl sites for hydroxylation is 1. The fraction of sp³-hybridized carbons (Fsp3) is 0.625. The lowest BCUT2D eigenvalue weighted by atomic mass is 10.2. The van der Waals surface area contributed by atoms with Crippen LogP contribution < -0.4 is 4.74 Å². The van der Waals surface area contributed by atoms with Crippen LogP contribution in [0.3, 0.4) is 0 Å². The SMILES string of the molecule is Cc1cccc(OCCCN2CC(CO)OCC2C)c1. The van der Waals surface area contributed by atoms with Crippen molar-refractivity contribution < 1.29 is 14.6 Å². The van der Waals surface area contributed by atoms with Crippen molar-refractivity contribution >= 4 is 0 Å². The second kappa shape index (κ2) is 7.62. The first-order valence-corrected chi connectivity index (χ1v) is 7.35. The molecular weight excluding hydrogens is 254 g/mol. The number of morpholine rings is 1. The van der Waals surface area contributed by atoms with Crippen molar-refractivity contribution in [2.24, 2.45) is 0 Å². The second-order valence-corrected chi connectivity index (χ2v) is 5.50. The largest absolute Gasteiger partial charge is 0.494 e. The van der Waals surface area contributed by atoms with Gasteiger partial charge in [0.2, 0.25) is 0 Å². The highest BCUT2D eigenvalue weighted by molar-refractivity contribution is 5.27. The van der Waals surface area contributed by atoms with Crippen molar-refractivity contribution in [1.82, 2.24) is 4.90 Å². The van der Waals surface area contributed by atoms with E-state index in [-0.39, 0.29) is 12.7 Å². The van der Waals surface area contributed by atoms with E-state index in [4.69, 9.17) is 14.6 Å². The molecule has 2 rings (SSSR count). The van der Waals surface area contributed by atoms with Gasteiger partial charge in [-0.25, -0.2) is 0 Å². The molecule has 0 amide bonds. The van der Waals surface area contributed by atoms with E-state index in [2.05, 4.69) is 30.9 Å². The highest BCUT2D eigenvalue weighted by Gasteiger charge is 2.24. The summed E-state index contributed by atoms with van der Waals surface area (Å²) in [5.74, 6) is 0.938. The molecule has 0 aromatic heterocycles. The van der Waals surface area contributed by atoms with Crippen LogP contribution in [-0.4, -0.2) is 55.1 Å². The van der Waals surface area contributed by atoms with Crippen molar-refractivity contribution in [2.75, 3.05) is 32.9 Å². The Morgan fingerprint density at radius 3 is 3.05 bits per heavy atom. The van der Waals surface area contributed by atoms with Gasteiger partial charge < -0.3 is 14.6 Å². The van der Waals surface area contributed by atoms with Crippen LogP contribution in [0.2, 0.25) is 0 Å². The molecule has 4 heteroatoms. The zero-order valence-electron chi connectivity index (χ0n) is 12.4. The summed E-state index contributed by atoms with van der Waals surface area (Å²) >= 11 is 0. The molecule has 2 unspecified atom stereocenters. The molecule has 1 aliphatic rings. The Morgan fingerprint density at radius 2 is 2.30 bits per heavy atom. The number of hydrogen-bond donors (Lipinski definition) is 1. The Bertz CT molecular complexity index is 410. The first-order valence-electron chi connectivity index (χ1n) is 7.35. The standard InChI is InChI=1S/C16H25NO3/c1-13-5-3-6-15(9-13)19-8-4-7-17-10-16(11-18)20-12-14(17)2/h3,5-6,9,14,16,18H,4,7-8,10-12H2,1-2H3. The van der Waals surface area contributed by atoms with Crippen molar-refractivity contribution in [2.45, 2.75) is 32.4 Å². The summed E-state index contributed by atoms with van der Waals surface area (Å²) in [6.45, 7) is 7.53. The van der Waals surface area contributed by atoms with E-state index >= 15 is 0 Å². The number of nitrogens with zero attached hydrogens (tertiary/aromatic N) is 1. The van der Waals surface area contributed by atoms with Crippen molar-refractivity contribution in [1.29, 1.82) is 0 Å². The minimum absolute atomic E-state index is 0.0381. The summed E-state index contributed by atoms with van der Waals surface area (Å²) in [5.41, 5.74) is 1.22. The Kier molecular flexibility index (Phi) is 5.83. The Hall–Kier alpha value is -1.10. The maximum atomic E-state index is 9.16. The molecule has 0 spiro atoms. The minimum atomic E-state index is -0.0381. The zero-order valence-corrected chi connectivity index (χ0v) is 12.4. The summed E-state index contributed by atoms with van der Waals surface area (Å²) in [6.07, 6.45) is 0.945. The Morgan fingerprint density at radius 1 is 1.45 bits per heavy atom. The van der Waals surface area contributed by atoms with Gasteiger partial charge in [-0.05, 0) is 38.0 Å². The lowest BCUT2D eigenvalue weighted by Crippen LogP contribution is -2.49. The van der Waals surface area contributed by atoms with E-state index in [1.165, 1.54) is 5.56 Å². The number of rotatable bonds is 6. The van der Waals surface area contributed by atoms with Gasteiger partial charge in [0.25, 0.3) is 0 Å². The number of ether oxygens (including phenoxy) is 2. The molecule has 20 heavy (non-hydrogen) atoms. The number of aliphatic hydroxyl groups is 1. The summed E-state index contributed by atoms with van der Waals surface area (Å²) in [5, 5.41) is 9.16. The van der Waals surface area contributed by atoms with Crippen molar-refractivity contribution in [3.8, 4) is 5.75 Å². The molecule has 0 aliphatic carbocycles. The van der Waals surface area contributed by atoms with Crippen LogP contribution in [0.4, 0.5) is 0 Å². The van der Waals surface area contributed by atoms with E-state index in [1.54, 1.807) is 0 Å². The van der Waals surface area contributed by atoms with Crippen LogP contribution in [0.5, 0.6) is 5.75 Å². The summed E-state index contributed by atoms with van der Waals surface area (Å²) < 4.78 is 11.3. The molecule has 1 N–H and O–H groups in total. The first kappa shape index (κ1) is 15.3. The smallest absolute Gasteiger partial charge is 0.119 e. The summed E-state index contributed by atoms with van der Waals surface area (Å²) in [6, 6.07) is 8.54. The molecule has 2 atom stereocenters. The third-order valence-electron chi connectivity index (χ3n) is 3.69. The topological polar surface area (TPSA) is 41.9 Å². The van der Waals surface area contributed by atoms with Crippen LogP contribution in [0.15, 0.2) is 24.3 Å². The van der Waals surface area contributed by atoms with Gasteiger partial charge in [-0.1, -0.05) is 12.1 Å². The molecule has 1 fully saturated rings. The van der Waals surface area contributed by atoms with Crippen LogP contribution in [0, 0.1) is 6.92 Å². The van der Waals surface area contributed by atoms with Crippen LogP contribution in [0.25, 0.3) is 0 Å². The molecule has 1 aliphatic heterocycles. The molecule has 112 valence electrons. The monoisotopic (exact) mass is 279 g/mol. The summed E-state index contributed by atoms with van der Waals surface area (Å²) in [4.78, 5) is 2.37. The maximum absolute atomic E-state index is 9.16. The third kappa shape index (κ3) is 4.47. The molecular formula is C16H25NO3.